The van der Waals surface area contributed by atoms with Crippen molar-refractivity contribution < 1.29 is 27.5 Å². The smallest absolute Gasteiger partial charge is 0.227 e. The quantitative estimate of drug-likeness (QED) is 0.779. The van der Waals surface area contributed by atoms with Crippen molar-refractivity contribution >= 4 is 11.7 Å². The van der Waals surface area contributed by atoms with E-state index < -0.39 is 17.7 Å². The average Bonchev–Trinajstić information content (AvgIpc) is 3.13. The Kier molecular flexibility index (Phi) is 5.23. The summed E-state index contributed by atoms with van der Waals surface area (Å²) < 4.78 is 36.8. The van der Waals surface area contributed by atoms with Gasteiger partial charge in [-0.15, -0.1) is 0 Å². The molecule has 0 bridgehead atoms. The maximum absolute atomic E-state index is 13.3. The van der Waals surface area contributed by atoms with Crippen molar-refractivity contribution in [3.05, 3.63) is 59.6 Å². The number of nitrogens with zero attached hydrogens (tertiary/aromatic N) is 1. The molecule has 132 valence electrons. The highest BCUT2D eigenvalue weighted by Crippen LogP contribution is 2.17. The fraction of sp³-hybridized carbons (Fsp3) is 0.333. The Morgan fingerprint density at radius 2 is 2.04 bits per heavy atom. The summed E-state index contributed by atoms with van der Waals surface area (Å²) in [6.07, 6.45) is 1.43. The van der Waals surface area contributed by atoms with Crippen molar-refractivity contribution in [1.29, 1.82) is 0 Å². The topological polar surface area (TPSA) is 59.8 Å². The number of carbonyl (C=O) groups is 2. The fourth-order valence-corrected chi connectivity index (χ4v) is 2.83. The first-order valence-electron chi connectivity index (χ1n) is 7.92. The number of rotatable bonds is 5. The summed E-state index contributed by atoms with van der Waals surface area (Å²) in [6, 6.07) is 6.16. The summed E-state index contributed by atoms with van der Waals surface area (Å²) >= 11 is 0. The molecule has 5 nitrogen and oxygen atoms in total. The molecule has 1 atom stereocenters. The molecule has 3 rings (SSSR count). The summed E-state index contributed by atoms with van der Waals surface area (Å²) in [5.74, 6) is -2.18. The van der Waals surface area contributed by atoms with E-state index in [0.29, 0.717) is 18.7 Å². The van der Waals surface area contributed by atoms with E-state index in [2.05, 4.69) is 0 Å². The van der Waals surface area contributed by atoms with Crippen molar-refractivity contribution in [1.82, 2.24) is 4.90 Å². The number of hydrogen-bond donors (Lipinski definition) is 0. The number of ether oxygens (including phenoxy) is 1. The van der Waals surface area contributed by atoms with Crippen molar-refractivity contribution in [2.75, 3.05) is 19.8 Å². The highest BCUT2D eigenvalue weighted by molar-refractivity contribution is 5.94. The molecule has 1 aromatic heterocycles. The number of hydrogen-bond acceptors (Lipinski definition) is 4. The Bertz CT molecular complexity index is 760. The van der Waals surface area contributed by atoms with Gasteiger partial charge in [-0.25, -0.2) is 8.78 Å². The molecule has 0 radical (unpaired) electrons. The average molecular weight is 349 g/mol. The van der Waals surface area contributed by atoms with Crippen LogP contribution >= 0.6 is 0 Å². The SMILES string of the molecule is O=C(CC1COCCN1C(=O)Cc1ccc(F)c(F)c1)c1ccco1. The molecule has 1 aromatic carbocycles. The zero-order valence-corrected chi connectivity index (χ0v) is 13.4. The van der Waals surface area contributed by atoms with E-state index >= 15 is 0 Å². The lowest BCUT2D eigenvalue weighted by molar-refractivity contribution is -0.138. The van der Waals surface area contributed by atoms with Crippen LogP contribution in [-0.2, 0) is 16.0 Å². The maximum Gasteiger partial charge on any atom is 0.227 e. The Labute approximate surface area is 143 Å². The largest absolute Gasteiger partial charge is 0.461 e. The number of halogens is 2. The lowest BCUT2D eigenvalue weighted by Crippen LogP contribution is -2.50. The number of Topliss-reactive ketones (excluding diaryl/α,β-unsaturated/α-hetero) is 1. The molecule has 2 heterocycles. The van der Waals surface area contributed by atoms with Gasteiger partial charge < -0.3 is 14.1 Å². The van der Waals surface area contributed by atoms with Gasteiger partial charge in [0.2, 0.25) is 5.91 Å². The molecule has 1 fully saturated rings. The van der Waals surface area contributed by atoms with Crippen molar-refractivity contribution in [2.45, 2.75) is 18.9 Å². The number of amides is 1. The number of carbonyl (C=O) groups excluding carboxylic acids is 2. The molecule has 2 aromatic rings. The van der Waals surface area contributed by atoms with E-state index in [4.69, 9.17) is 9.15 Å². The van der Waals surface area contributed by atoms with Crippen LogP contribution in [0.1, 0.15) is 22.5 Å². The summed E-state index contributed by atoms with van der Waals surface area (Å²) in [6.45, 7) is 0.962. The first-order valence-corrected chi connectivity index (χ1v) is 7.92. The second kappa shape index (κ2) is 7.57. The van der Waals surface area contributed by atoms with E-state index in [1.165, 1.54) is 12.3 Å². The number of morpholine rings is 1. The normalized spacial score (nSPS) is 17.5. The lowest BCUT2D eigenvalue weighted by atomic mass is 10.0. The second-order valence-electron chi connectivity index (χ2n) is 5.85. The third-order valence-electron chi connectivity index (χ3n) is 4.10. The van der Waals surface area contributed by atoms with E-state index in [0.717, 1.165) is 12.1 Å². The lowest BCUT2D eigenvalue weighted by Gasteiger charge is -2.35. The molecule has 0 spiro atoms. The molecule has 1 aliphatic heterocycles. The van der Waals surface area contributed by atoms with Gasteiger partial charge in [0.25, 0.3) is 0 Å². The van der Waals surface area contributed by atoms with Crippen molar-refractivity contribution in [3.8, 4) is 0 Å². The van der Waals surface area contributed by atoms with Crippen molar-refractivity contribution in [2.24, 2.45) is 0 Å². The molecule has 1 aliphatic rings. The van der Waals surface area contributed by atoms with Gasteiger partial charge in [0.1, 0.15) is 0 Å². The highest BCUT2D eigenvalue weighted by Gasteiger charge is 2.30. The van der Waals surface area contributed by atoms with Crippen molar-refractivity contribution in [3.63, 3.8) is 0 Å². The van der Waals surface area contributed by atoms with Gasteiger partial charge >= 0.3 is 0 Å². The van der Waals surface area contributed by atoms with Gasteiger partial charge in [0.05, 0.1) is 31.9 Å². The van der Waals surface area contributed by atoms with Crippen LogP contribution in [0.5, 0.6) is 0 Å². The molecule has 0 N–H and O–H groups in total. The van der Waals surface area contributed by atoms with Gasteiger partial charge in [-0.1, -0.05) is 6.07 Å². The highest BCUT2D eigenvalue weighted by atomic mass is 19.2. The van der Waals surface area contributed by atoms with Gasteiger partial charge in [0.15, 0.2) is 23.2 Å². The molecule has 0 saturated carbocycles. The number of ketones is 1. The zero-order chi connectivity index (χ0) is 17.8. The first-order chi connectivity index (χ1) is 12.0. The van der Waals surface area contributed by atoms with E-state index in [1.54, 1.807) is 17.0 Å². The monoisotopic (exact) mass is 349 g/mol. The Balaban J connectivity index is 1.68. The van der Waals surface area contributed by atoms with Gasteiger partial charge in [-0.3, -0.25) is 9.59 Å². The van der Waals surface area contributed by atoms with Crippen LogP contribution in [0.25, 0.3) is 0 Å². The third-order valence-corrected chi connectivity index (χ3v) is 4.10. The molecule has 25 heavy (non-hydrogen) atoms. The third kappa shape index (κ3) is 4.11. The maximum atomic E-state index is 13.3. The van der Waals surface area contributed by atoms with Crippen LogP contribution in [0.15, 0.2) is 41.0 Å². The first kappa shape index (κ1) is 17.3. The number of benzene rings is 1. The Hall–Kier alpha value is -2.54. The van der Waals surface area contributed by atoms with E-state index in [-0.39, 0.29) is 36.9 Å². The van der Waals surface area contributed by atoms with Gasteiger partial charge in [-0.2, -0.15) is 0 Å². The van der Waals surface area contributed by atoms with Crippen LogP contribution in [0.4, 0.5) is 8.78 Å². The minimum Gasteiger partial charge on any atom is -0.461 e. The summed E-state index contributed by atoms with van der Waals surface area (Å²) in [5.41, 5.74) is 0.381. The van der Waals surface area contributed by atoms with Gasteiger partial charge in [-0.05, 0) is 29.8 Å². The summed E-state index contributed by atoms with van der Waals surface area (Å²) in [5, 5.41) is 0. The summed E-state index contributed by atoms with van der Waals surface area (Å²) in [4.78, 5) is 26.3. The minimum atomic E-state index is -0.989. The Morgan fingerprint density at radius 3 is 2.76 bits per heavy atom. The standard InChI is InChI=1S/C18H17F2NO4/c19-14-4-3-12(8-15(14)20)9-18(23)21-5-7-24-11-13(21)10-16(22)17-2-1-6-25-17/h1-4,6,8,13H,5,7,9-11H2. The van der Waals surface area contributed by atoms with Gasteiger partial charge in [0, 0.05) is 13.0 Å². The summed E-state index contributed by atoms with van der Waals surface area (Å²) in [7, 11) is 0. The molecule has 7 heteroatoms. The molecule has 1 amide bonds. The van der Waals surface area contributed by atoms with Crippen LogP contribution in [0.3, 0.4) is 0 Å². The molecular formula is C18H17F2NO4. The predicted octanol–water partition coefficient (Wildman–Crippen LogP) is 2.60. The zero-order valence-electron chi connectivity index (χ0n) is 13.4. The number of furan rings is 1. The van der Waals surface area contributed by atoms with E-state index in [1.807, 2.05) is 0 Å². The molecule has 0 aliphatic carbocycles. The van der Waals surface area contributed by atoms with Crippen LogP contribution in [0, 0.1) is 11.6 Å². The molecular weight excluding hydrogens is 332 g/mol. The van der Waals surface area contributed by atoms with Crippen LogP contribution < -0.4 is 0 Å². The van der Waals surface area contributed by atoms with Crippen LogP contribution in [-0.4, -0.2) is 42.4 Å². The molecule has 1 unspecified atom stereocenters. The Morgan fingerprint density at radius 1 is 1.20 bits per heavy atom. The molecule has 1 saturated heterocycles. The fourth-order valence-electron chi connectivity index (χ4n) is 2.83. The predicted molar refractivity (Wildman–Crippen MR) is 84.0 cm³/mol. The van der Waals surface area contributed by atoms with Crippen LogP contribution in [0.2, 0.25) is 0 Å². The second-order valence-corrected chi connectivity index (χ2v) is 5.85. The van der Waals surface area contributed by atoms with E-state index in [9.17, 15) is 18.4 Å². The minimum absolute atomic E-state index is 0.0668.